The van der Waals surface area contributed by atoms with E-state index in [1.165, 1.54) is 0 Å². The molecule has 1 aromatic carbocycles. The number of halogens is 2. The molecule has 0 saturated heterocycles. The van der Waals surface area contributed by atoms with Crippen LogP contribution < -0.4 is 9.64 Å². The van der Waals surface area contributed by atoms with E-state index in [0.717, 1.165) is 23.1 Å². The van der Waals surface area contributed by atoms with E-state index in [1.807, 2.05) is 43.9 Å². The van der Waals surface area contributed by atoms with Gasteiger partial charge in [-0.25, -0.2) is 0 Å². The second-order valence-corrected chi connectivity index (χ2v) is 5.59. The van der Waals surface area contributed by atoms with Gasteiger partial charge >= 0.3 is 6.01 Å². The number of rotatable bonds is 5. The molecule has 7 heteroatoms. The lowest BCUT2D eigenvalue weighted by atomic mass is 10.2. The maximum absolute atomic E-state index is 5.96. The molecule has 2 aromatic rings. The Hall–Kier alpha value is -1.40. The van der Waals surface area contributed by atoms with Crippen molar-refractivity contribution >= 4 is 33.5 Å². The Balaban J connectivity index is 2.31. The smallest absolute Gasteiger partial charge is 0.328 e. The van der Waals surface area contributed by atoms with Crippen molar-refractivity contribution in [1.82, 2.24) is 15.0 Å². The number of aryl methyl sites for hydroxylation is 1. The van der Waals surface area contributed by atoms with Crippen LogP contribution in [0.2, 0.25) is 5.28 Å². The van der Waals surface area contributed by atoms with Crippen molar-refractivity contribution in [3.8, 4) is 11.8 Å². The summed E-state index contributed by atoms with van der Waals surface area (Å²) in [5, 5.41) is 0.116. The first kappa shape index (κ1) is 16.0. The minimum absolute atomic E-state index is 0.116. The second-order valence-electron chi connectivity index (χ2n) is 4.40. The molecule has 1 aromatic heterocycles. The first-order chi connectivity index (χ1) is 10.0. The number of anilines is 1. The molecule has 0 aliphatic heterocycles. The molecule has 0 amide bonds. The van der Waals surface area contributed by atoms with Crippen molar-refractivity contribution in [2.75, 3.05) is 18.0 Å². The lowest BCUT2D eigenvalue weighted by Crippen LogP contribution is -2.24. The predicted octanol–water partition coefficient (Wildman–Crippen LogP) is 4.23. The molecule has 0 unspecified atom stereocenters. The van der Waals surface area contributed by atoms with Crippen LogP contribution in [-0.2, 0) is 0 Å². The number of aromatic nitrogens is 3. The van der Waals surface area contributed by atoms with Crippen LogP contribution in [-0.4, -0.2) is 28.0 Å². The third-order valence-corrected chi connectivity index (χ3v) is 3.70. The van der Waals surface area contributed by atoms with Crippen molar-refractivity contribution in [1.29, 1.82) is 0 Å². The highest BCUT2D eigenvalue weighted by Crippen LogP contribution is 2.29. The minimum Gasteiger partial charge on any atom is -0.423 e. The van der Waals surface area contributed by atoms with Crippen LogP contribution >= 0.6 is 27.5 Å². The van der Waals surface area contributed by atoms with Gasteiger partial charge in [0.15, 0.2) is 0 Å². The van der Waals surface area contributed by atoms with Gasteiger partial charge in [-0.3, -0.25) is 0 Å². The highest BCUT2D eigenvalue weighted by Gasteiger charge is 2.12. The Morgan fingerprint density at radius 3 is 2.52 bits per heavy atom. The predicted molar refractivity (Wildman–Crippen MR) is 87.4 cm³/mol. The summed E-state index contributed by atoms with van der Waals surface area (Å²) in [4.78, 5) is 14.4. The van der Waals surface area contributed by atoms with E-state index < -0.39 is 0 Å². The summed E-state index contributed by atoms with van der Waals surface area (Å²) in [7, 11) is 0. The fraction of sp³-hybridized carbons (Fsp3) is 0.357. The third kappa shape index (κ3) is 4.04. The minimum atomic E-state index is 0.116. The Morgan fingerprint density at radius 1 is 1.19 bits per heavy atom. The Morgan fingerprint density at radius 2 is 1.90 bits per heavy atom. The largest absolute Gasteiger partial charge is 0.423 e. The number of benzene rings is 1. The summed E-state index contributed by atoms with van der Waals surface area (Å²) in [6.07, 6.45) is 0. The van der Waals surface area contributed by atoms with E-state index in [2.05, 4.69) is 30.9 Å². The topological polar surface area (TPSA) is 51.1 Å². The van der Waals surface area contributed by atoms with Crippen LogP contribution in [0.25, 0.3) is 0 Å². The lowest BCUT2D eigenvalue weighted by Gasteiger charge is -2.18. The summed E-state index contributed by atoms with van der Waals surface area (Å²) >= 11 is 9.42. The normalized spacial score (nSPS) is 10.5. The Kier molecular flexibility index (Phi) is 5.36. The fourth-order valence-corrected chi connectivity index (χ4v) is 2.52. The number of ether oxygens (including phenoxy) is 1. The SMILES string of the molecule is CCN(CC)c1nc(Cl)nc(Oc2ccc(C)cc2Br)n1. The quantitative estimate of drug-likeness (QED) is 0.787. The zero-order valence-corrected chi connectivity index (χ0v) is 14.4. The Labute approximate surface area is 137 Å². The lowest BCUT2D eigenvalue weighted by molar-refractivity contribution is 0.436. The van der Waals surface area contributed by atoms with E-state index in [4.69, 9.17) is 16.3 Å². The van der Waals surface area contributed by atoms with Crippen molar-refractivity contribution in [3.05, 3.63) is 33.5 Å². The third-order valence-electron chi connectivity index (χ3n) is 2.91. The van der Waals surface area contributed by atoms with Crippen LogP contribution in [0.4, 0.5) is 5.95 Å². The molecule has 1 heterocycles. The monoisotopic (exact) mass is 370 g/mol. The van der Waals surface area contributed by atoms with Gasteiger partial charge in [0.25, 0.3) is 0 Å². The van der Waals surface area contributed by atoms with E-state index in [-0.39, 0.29) is 11.3 Å². The van der Waals surface area contributed by atoms with E-state index >= 15 is 0 Å². The van der Waals surface area contributed by atoms with Gasteiger partial charge in [-0.2, -0.15) is 15.0 Å². The average Bonchev–Trinajstić information content (AvgIpc) is 2.43. The molecule has 0 radical (unpaired) electrons. The van der Waals surface area contributed by atoms with Gasteiger partial charge in [-0.05, 0) is 66.0 Å². The first-order valence-electron chi connectivity index (χ1n) is 6.64. The molecule has 5 nitrogen and oxygen atoms in total. The van der Waals surface area contributed by atoms with E-state index in [1.54, 1.807) is 0 Å². The number of nitrogens with zero attached hydrogens (tertiary/aromatic N) is 4. The summed E-state index contributed by atoms with van der Waals surface area (Å²) < 4.78 is 6.54. The van der Waals surface area contributed by atoms with Gasteiger partial charge in [0.1, 0.15) is 5.75 Å². The van der Waals surface area contributed by atoms with Crippen LogP contribution in [0, 0.1) is 6.92 Å². The molecule has 0 saturated carbocycles. The van der Waals surface area contributed by atoms with Crippen LogP contribution in [0.1, 0.15) is 19.4 Å². The van der Waals surface area contributed by atoms with Gasteiger partial charge < -0.3 is 9.64 Å². The van der Waals surface area contributed by atoms with Crippen LogP contribution in [0.5, 0.6) is 11.8 Å². The fourth-order valence-electron chi connectivity index (χ4n) is 1.80. The molecule has 0 aliphatic carbocycles. The van der Waals surface area contributed by atoms with Gasteiger partial charge in [-0.1, -0.05) is 6.07 Å². The molecule has 0 aliphatic rings. The number of hydrogen-bond donors (Lipinski definition) is 0. The standard InChI is InChI=1S/C14H16BrClN4O/c1-4-20(5-2)13-17-12(16)18-14(19-13)21-11-7-6-9(3)8-10(11)15/h6-8H,4-5H2,1-3H3. The average molecular weight is 372 g/mol. The Bertz CT molecular complexity index is 634. The summed E-state index contributed by atoms with van der Waals surface area (Å²) in [6.45, 7) is 7.62. The van der Waals surface area contributed by atoms with Crippen molar-refractivity contribution < 1.29 is 4.74 Å². The zero-order valence-electron chi connectivity index (χ0n) is 12.1. The first-order valence-corrected chi connectivity index (χ1v) is 7.81. The second kappa shape index (κ2) is 7.04. The van der Waals surface area contributed by atoms with Gasteiger partial charge in [-0.15, -0.1) is 0 Å². The molecule has 112 valence electrons. The highest BCUT2D eigenvalue weighted by molar-refractivity contribution is 9.10. The zero-order chi connectivity index (χ0) is 15.4. The van der Waals surface area contributed by atoms with Gasteiger partial charge in [0, 0.05) is 13.1 Å². The maximum Gasteiger partial charge on any atom is 0.328 e. The molecule has 2 rings (SSSR count). The number of hydrogen-bond acceptors (Lipinski definition) is 5. The molecule has 0 fully saturated rings. The maximum atomic E-state index is 5.96. The van der Waals surface area contributed by atoms with E-state index in [9.17, 15) is 0 Å². The van der Waals surface area contributed by atoms with Crippen LogP contribution in [0.15, 0.2) is 22.7 Å². The molecule has 21 heavy (non-hydrogen) atoms. The summed E-state index contributed by atoms with van der Waals surface area (Å²) in [6, 6.07) is 5.95. The molecular formula is C14H16BrClN4O. The van der Waals surface area contributed by atoms with Crippen molar-refractivity contribution in [2.24, 2.45) is 0 Å². The van der Waals surface area contributed by atoms with Crippen LogP contribution in [0.3, 0.4) is 0 Å². The summed E-state index contributed by atoms with van der Waals surface area (Å²) in [5.41, 5.74) is 1.13. The molecule has 0 N–H and O–H groups in total. The van der Waals surface area contributed by atoms with Gasteiger partial charge in [0.2, 0.25) is 11.2 Å². The molecule has 0 atom stereocenters. The van der Waals surface area contributed by atoms with Gasteiger partial charge in [0.05, 0.1) is 4.47 Å². The molecule has 0 bridgehead atoms. The highest BCUT2D eigenvalue weighted by atomic mass is 79.9. The van der Waals surface area contributed by atoms with Crippen molar-refractivity contribution in [2.45, 2.75) is 20.8 Å². The van der Waals surface area contributed by atoms with E-state index in [0.29, 0.717) is 11.7 Å². The molecular weight excluding hydrogens is 356 g/mol. The summed E-state index contributed by atoms with van der Waals surface area (Å²) in [5.74, 6) is 1.14. The van der Waals surface area contributed by atoms with Crippen molar-refractivity contribution in [3.63, 3.8) is 0 Å². The molecule has 0 spiro atoms.